The smallest absolute Gasteiger partial charge is 0.252 e. The Kier molecular flexibility index (Phi) is 1.50. The third kappa shape index (κ3) is 1.34. The molecule has 2 nitrogen and oxygen atoms in total. The molecule has 0 saturated carbocycles. The summed E-state index contributed by atoms with van der Waals surface area (Å²) in [5, 5.41) is 0. The molecule has 0 fully saturated rings. The minimum absolute atomic E-state index is 0.183. The van der Waals surface area contributed by atoms with Crippen LogP contribution in [0.5, 0.6) is 0 Å². The molecule has 56 valence electrons. The summed E-state index contributed by atoms with van der Waals surface area (Å²) in [5.74, 6) is 0.183. The Labute approximate surface area is 55.5 Å². The number of amidine groups is 1. The monoisotopic (exact) mass is 150 g/mol. The number of hydrogen-bond acceptors (Lipinski definition) is 2. The molecule has 1 aliphatic rings. The van der Waals surface area contributed by atoms with Crippen LogP contribution in [0.15, 0.2) is 9.98 Å². The Morgan fingerprint density at radius 3 is 2.30 bits per heavy atom. The van der Waals surface area contributed by atoms with Crippen molar-refractivity contribution in [3.8, 4) is 0 Å². The van der Waals surface area contributed by atoms with Crippen molar-refractivity contribution in [2.45, 2.75) is 19.1 Å². The molecular weight excluding hydrogens is 145 g/mol. The van der Waals surface area contributed by atoms with Crippen LogP contribution in [0, 0.1) is 0 Å². The van der Waals surface area contributed by atoms with Gasteiger partial charge in [0.2, 0.25) is 0 Å². The molecule has 0 aromatic heterocycles. The van der Waals surface area contributed by atoms with Crippen molar-refractivity contribution >= 4 is 12.1 Å². The van der Waals surface area contributed by atoms with E-state index in [1.807, 2.05) is 0 Å². The Bertz CT molecular complexity index is 192. The number of hydrogen-bond donors (Lipinski definition) is 0. The molecule has 1 atom stereocenters. The predicted molar refractivity (Wildman–Crippen MR) is 31.4 cm³/mol. The van der Waals surface area contributed by atoms with E-state index < -0.39 is 12.2 Å². The van der Waals surface area contributed by atoms with Gasteiger partial charge in [-0.25, -0.2) is 4.99 Å². The molecule has 0 saturated heterocycles. The van der Waals surface area contributed by atoms with E-state index in [1.54, 1.807) is 0 Å². The van der Waals surface area contributed by atoms with Gasteiger partial charge in [-0.2, -0.15) is 13.2 Å². The van der Waals surface area contributed by atoms with Crippen molar-refractivity contribution in [2.24, 2.45) is 9.98 Å². The first-order chi connectivity index (χ1) is 4.50. The first-order valence-electron chi connectivity index (χ1n) is 2.65. The summed E-state index contributed by atoms with van der Waals surface area (Å²) in [4.78, 5) is 6.62. The van der Waals surface area contributed by atoms with E-state index in [0.29, 0.717) is 0 Å². The maximum absolute atomic E-state index is 11.7. The minimum Gasteiger partial charge on any atom is -0.252 e. The number of aliphatic imine (C=N–C) groups is 2. The summed E-state index contributed by atoms with van der Waals surface area (Å²) >= 11 is 0. The molecule has 0 amide bonds. The number of nitrogens with zero attached hydrogens (tertiary/aromatic N) is 2. The average molecular weight is 150 g/mol. The quantitative estimate of drug-likeness (QED) is 0.499. The van der Waals surface area contributed by atoms with Crippen molar-refractivity contribution in [2.75, 3.05) is 0 Å². The summed E-state index contributed by atoms with van der Waals surface area (Å²) in [6.07, 6.45) is -3.48. The first kappa shape index (κ1) is 7.24. The van der Waals surface area contributed by atoms with Gasteiger partial charge >= 0.3 is 6.18 Å². The van der Waals surface area contributed by atoms with Crippen molar-refractivity contribution in [3.63, 3.8) is 0 Å². The lowest BCUT2D eigenvalue weighted by Gasteiger charge is -2.06. The molecule has 5 heteroatoms. The lowest BCUT2D eigenvalue weighted by atomic mass is 10.3. The molecule has 0 spiro atoms. The van der Waals surface area contributed by atoms with Crippen LogP contribution in [0.1, 0.15) is 6.92 Å². The van der Waals surface area contributed by atoms with Crippen LogP contribution < -0.4 is 0 Å². The molecule has 0 aliphatic carbocycles. The van der Waals surface area contributed by atoms with E-state index in [0.717, 1.165) is 6.21 Å². The van der Waals surface area contributed by atoms with Crippen LogP contribution in [0.25, 0.3) is 0 Å². The summed E-state index contributed by atoms with van der Waals surface area (Å²) in [7, 11) is 0. The third-order valence-electron chi connectivity index (χ3n) is 1.06. The van der Waals surface area contributed by atoms with Gasteiger partial charge in [0, 0.05) is 6.21 Å². The molecule has 0 aromatic rings. The molecular formula is C5H5F3N2. The van der Waals surface area contributed by atoms with Crippen LogP contribution in [0.4, 0.5) is 13.2 Å². The van der Waals surface area contributed by atoms with Crippen molar-refractivity contribution in [3.05, 3.63) is 0 Å². The Hall–Kier alpha value is -0.870. The third-order valence-corrected chi connectivity index (χ3v) is 1.06. The summed E-state index contributed by atoms with van der Waals surface area (Å²) in [6, 6.07) is -1.72. The van der Waals surface area contributed by atoms with Gasteiger partial charge < -0.3 is 0 Å². The normalized spacial score (nSPS) is 25.2. The second-order valence-corrected chi connectivity index (χ2v) is 1.94. The largest absolute Gasteiger partial charge is 0.415 e. The van der Waals surface area contributed by atoms with Crippen molar-refractivity contribution in [1.29, 1.82) is 0 Å². The lowest BCUT2D eigenvalue weighted by Crippen LogP contribution is -2.26. The van der Waals surface area contributed by atoms with Crippen LogP contribution in [-0.4, -0.2) is 24.3 Å². The predicted octanol–water partition coefficient (Wildman–Crippen LogP) is 1.42. The van der Waals surface area contributed by atoms with E-state index in [-0.39, 0.29) is 5.84 Å². The fourth-order valence-corrected chi connectivity index (χ4v) is 0.604. The molecule has 1 rings (SSSR count). The van der Waals surface area contributed by atoms with Crippen LogP contribution >= 0.6 is 0 Å². The topological polar surface area (TPSA) is 24.7 Å². The molecule has 10 heavy (non-hydrogen) atoms. The van der Waals surface area contributed by atoms with Gasteiger partial charge in [-0.1, -0.05) is 0 Å². The zero-order valence-corrected chi connectivity index (χ0v) is 5.18. The minimum atomic E-state index is -4.28. The molecule has 1 aliphatic heterocycles. The van der Waals surface area contributed by atoms with E-state index >= 15 is 0 Å². The maximum Gasteiger partial charge on any atom is 0.415 e. The maximum atomic E-state index is 11.7. The van der Waals surface area contributed by atoms with E-state index in [4.69, 9.17) is 0 Å². The van der Waals surface area contributed by atoms with Gasteiger partial charge in [0.1, 0.15) is 5.84 Å². The first-order valence-corrected chi connectivity index (χ1v) is 2.65. The molecule has 0 N–H and O–H groups in total. The number of halogens is 3. The summed E-state index contributed by atoms with van der Waals surface area (Å²) < 4.78 is 35.2. The Balaban J connectivity index is 2.72. The molecule has 0 bridgehead atoms. The zero-order chi connectivity index (χ0) is 7.78. The number of alkyl halides is 3. The lowest BCUT2D eigenvalue weighted by molar-refractivity contribution is -0.130. The highest BCUT2D eigenvalue weighted by atomic mass is 19.4. The van der Waals surface area contributed by atoms with Gasteiger partial charge in [0.25, 0.3) is 0 Å². The summed E-state index contributed by atoms with van der Waals surface area (Å²) in [6.45, 7) is 1.43. The highest BCUT2D eigenvalue weighted by Crippen LogP contribution is 2.23. The highest BCUT2D eigenvalue weighted by molar-refractivity contribution is 5.94. The Morgan fingerprint density at radius 2 is 2.10 bits per heavy atom. The van der Waals surface area contributed by atoms with Gasteiger partial charge in [-0.3, -0.25) is 4.99 Å². The van der Waals surface area contributed by atoms with Crippen LogP contribution in [-0.2, 0) is 0 Å². The van der Waals surface area contributed by atoms with Crippen molar-refractivity contribution in [1.82, 2.24) is 0 Å². The van der Waals surface area contributed by atoms with Gasteiger partial charge in [-0.05, 0) is 6.92 Å². The van der Waals surface area contributed by atoms with Gasteiger partial charge in [0.15, 0.2) is 6.04 Å². The zero-order valence-electron chi connectivity index (χ0n) is 5.18. The van der Waals surface area contributed by atoms with Gasteiger partial charge in [-0.15, -0.1) is 0 Å². The van der Waals surface area contributed by atoms with E-state index in [9.17, 15) is 13.2 Å². The summed E-state index contributed by atoms with van der Waals surface area (Å²) in [5.41, 5.74) is 0. The van der Waals surface area contributed by atoms with Crippen molar-refractivity contribution < 1.29 is 13.2 Å². The van der Waals surface area contributed by atoms with Crippen LogP contribution in [0.3, 0.4) is 0 Å². The molecule has 0 aromatic carbocycles. The highest BCUT2D eigenvalue weighted by Gasteiger charge is 2.40. The van der Waals surface area contributed by atoms with Crippen LogP contribution in [0.2, 0.25) is 0 Å². The van der Waals surface area contributed by atoms with E-state index in [2.05, 4.69) is 9.98 Å². The fraction of sp³-hybridized carbons (Fsp3) is 0.600. The van der Waals surface area contributed by atoms with E-state index in [1.165, 1.54) is 6.92 Å². The molecule has 0 radical (unpaired) electrons. The average Bonchev–Trinajstić information content (AvgIpc) is 2.11. The number of rotatable bonds is 0. The second kappa shape index (κ2) is 2.07. The Morgan fingerprint density at radius 1 is 1.50 bits per heavy atom. The second-order valence-electron chi connectivity index (χ2n) is 1.94. The standard InChI is InChI=1S/C5H5F3N2/c1-3-9-2-4(10-3)5(6,7)8/h2,4H,1H3. The van der Waals surface area contributed by atoms with Gasteiger partial charge in [0.05, 0.1) is 0 Å². The molecule has 1 unspecified atom stereocenters. The SMILES string of the molecule is CC1=NC(C(F)(F)F)C=N1. The fourth-order valence-electron chi connectivity index (χ4n) is 0.604. The molecule has 1 heterocycles.